The van der Waals surface area contributed by atoms with E-state index in [2.05, 4.69) is 5.10 Å². The number of rotatable bonds is 2. The van der Waals surface area contributed by atoms with Crippen LogP contribution in [0, 0.1) is 6.92 Å². The van der Waals surface area contributed by atoms with Gasteiger partial charge in [-0.2, -0.15) is 9.78 Å². The van der Waals surface area contributed by atoms with Crippen molar-refractivity contribution in [1.29, 1.82) is 0 Å². The van der Waals surface area contributed by atoms with Gasteiger partial charge in [0.1, 0.15) is 0 Å². The van der Waals surface area contributed by atoms with Crippen LogP contribution in [0.1, 0.15) is 5.69 Å². The second-order valence-electron chi connectivity index (χ2n) is 4.99. The second kappa shape index (κ2) is 5.66. The third kappa shape index (κ3) is 2.73. The smallest absolute Gasteiger partial charge is 0.272 e. The lowest BCUT2D eigenvalue weighted by atomic mass is 10.1. The van der Waals surface area contributed by atoms with E-state index in [0.29, 0.717) is 16.4 Å². The number of benzene rings is 2. The lowest BCUT2D eigenvalue weighted by Crippen LogP contribution is -2.21. The van der Waals surface area contributed by atoms with E-state index in [1.54, 1.807) is 42.5 Å². The molecule has 0 fully saturated rings. The van der Waals surface area contributed by atoms with Crippen LogP contribution in [0.4, 0.5) is 5.69 Å². The highest BCUT2D eigenvalue weighted by molar-refractivity contribution is 6.30. The monoisotopic (exact) mass is 311 g/mol. The van der Waals surface area contributed by atoms with Crippen molar-refractivity contribution in [3.63, 3.8) is 0 Å². The molecule has 5 heteroatoms. The highest BCUT2D eigenvalue weighted by Gasteiger charge is 2.09. The van der Waals surface area contributed by atoms with Crippen molar-refractivity contribution in [2.75, 3.05) is 5.73 Å². The summed E-state index contributed by atoms with van der Waals surface area (Å²) in [6, 6.07) is 15.9. The lowest BCUT2D eigenvalue weighted by molar-refractivity contribution is 0.787. The summed E-state index contributed by atoms with van der Waals surface area (Å²) in [6.07, 6.45) is 0. The van der Waals surface area contributed by atoms with E-state index in [0.717, 1.165) is 16.8 Å². The van der Waals surface area contributed by atoms with Gasteiger partial charge in [-0.05, 0) is 48.9 Å². The summed E-state index contributed by atoms with van der Waals surface area (Å²) >= 11 is 5.90. The molecule has 0 amide bonds. The molecule has 0 radical (unpaired) electrons. The first-order chi connectivity index (χ1) is 10.5. The first kappa shape index (κ1) is 14.4. The van der Waals surface area contributed by atoms with Gasteiger partial charge in [0.25, 0.3) is 5.56 Å². The number of aryl methyl sites for hydroxylation is 1. The molecule has 3 rings (SSSR count). The van der Waals surface area contributed by atoms with Crippen LogP contribution in [0.3, 0.4) is 0 Å². The van der Waals surface area contributed by atoms with Gasteiger partial charge in [0, 0.05) is 22.3 Å². The number of hydrogen-bond donors (Lipinski definition) is 1. The molecule has 2 aromatic carbocycles. The van der Waals surface area contributed by atoms with E-state index in [1.165, 1.54) is 4.68 Å². The van der Waals surface area contributed by atoms with Gasteiger partial charge in [-0.25, -0.2) is 0 Å². The fraction of sp³-hybridized carbons (Fsp3) is 0.0588. The summed E-state index contributed by atoms with van der Waals surface area (Å²) in [5, 5.41) is 5.06. The van der Waals surface area contributed by atoms with Crippen LogP contribution < -0.4 is 11.3 Å². The lowest BCUT2D eigenvalue weighted by Gasteiger charge is -2.10. The Labute approximate surface area is 132 Å². The molecular formula is C17H14ClN3O. The molecule has 0 spiro atoms. The third-order valence-corrected chi connectivity index (χ3v) is 3.66. The molecule has 0 bridgehead atoms. The molecule has 0 saturated carbocycles. The van der Waals surface area contributed by atoms with Crippen LogP contribution in [0.25, 0.3) is 16.8 Å². The SMILES string of the molecule is Cc1nn(-c2ccc(N)cc2)c(=O)cc1-c1ccc(Cl)cc1. The van der Waals surface area contributed by atoms with Crippen LogP contribution in [0.15, 0.2) is 59.4 Å². The van der Waals surface area contributed by atoms with Crippen molar-refractivity contribution in [2.45, 2.75) is 6.92 Å². The first-order valence-electron chi connectivity index (χ1n) is 6.77. The standard InChI is InChI=1S/C17H14ClN3O/c1-11-16(12-2-4-13(18)5-3-12)10-17(22)21(20-11)15-8-6-14(19)7-9-15/h2-10H,19H2,1H3. The summed E-state index contributed by atoms with van der Waals surface area (Å²) in [6.45, 7) is 1.87. The highest BCUT2D eigenvalue weighted by Crippen LogP contribution is 2.22. The number of aromatic nitrogens is 2. The first-order valence-corrected chi connectivity index (χ1v) is 7.15. The van der Waals surface area contributed by atoms with E-state index >= 15 is 0 Å². The number of nitrogens with two attached hydrogens (primary N) is 1. The number of halogens is 1. The van der Waals surface area contributed by atoms with Gasteiger partial charge in [-0.15, -0.1) is 0 Å². The molecule has 22 heavy (non-hydrogen) atoms. The van der Waals surface area contributed by atoms with Crippen LogP contribution in [-0.4, -0.2) is 9.78 Å². The Morgan fingerprint density at radius 2 is 1.68 bits per heavy atom. The van der Waals surface area contributed by atoms with Crippen molar-refractivity contribution in [1.82, 2.24) is 9.78 Å². The van der Waals surface area contributed by atoms with Gasteiger partial charge < -0.3 is 5.73 Å². The van der Waals surface area contributed by atoms with Crippen LogP contribution in [0.5, 0.6) is 0 Å². The van der Waals surface area contributed by atoms with Crippen molar-refractivity contribution in [2.24, 2.45) is 0 Å². The van der Waals surface area contributed by atoms with Gasteiger partial charge in [0.15, 0.2) is 0 Å². The van der Waals surface area contributed by atoms with E-state index in [4.69, 9.17) is 17.3 Å². The zero-order valence-corrected chi connectivity index (χ0v) is 12.7. The molecule has 0 unspecified atom stereocenters. The summed E-state index contributed by atoms with van der Waals surface area (Å²) in [4.78, 5) is 12.4. The highest BCUT2D eigenvalue weighted by atomic mass is 35.5. The van der Waals surface area contributed by atoms with E-state index < -0.39 is 0 Å². The predicted molar refractivity (Wildman–Crippen MR) is 89.4 cm³/mol. The normalized spacial score (nSPS) is 10.6. The minimum atomic E-state index is -0.194. The van der Waals surface area contributed by atoms with Gasteiger partial charge in [0.05, 0.1) is 11.4 Å². The zero-order valence-electron chi connectivity index (χ0n) is 12.0. The molecule has 2 N–H and O–H groups in total. The maximum atomic E-state index is 12.4. The molecule has 1 heterocycles. The van der Waals surface area contributed by atoms with E-state index in [-0.39, 0.29) is 5.56 Å². The zero-order chi connectivity index (χ0) is 15.7. The Hall–Kier alpha value is -2.59. The van der Waals surface area contributed by atoms with Crippen LogP contribution >= 0.6 is 11.6 Å². The maximum absolute atomic E-state index is 12.4. The second-order valence-corrected chi connectivity index (χ2v) is 5.43. The fourth-order valence-corrected chi connectivity index (χ4v) is 2.39. The van der Waals surface area contributed by atoms with Crippen LogP contribution in [-0.2, 0) is 0 Å². The average Bonchev–Trinajstić information content (AvgIpc) is 2.51. The molecule has 0 aliphatic carbocycles. The molecule has 3 aromatic rings. The minimum Gasteiger partial charge on any atom is -0.399 e. The Bertz CT molecular complexity index is 868. The third-order valence-electron chi connectivity index (χ3n) is 3.41. The van der Waals surface area contributed by atoms with Gasteiger partial charge >= 0.3 is 0 Å². The Kier molecular flexibility index (Phi) is 3.69. The van der Waals surface area contributed by atoms with Crippen molar-refractivity contribution >= 4 is 17.3 Å². The van der Waals surface area contributed by atoms with Crippen LogP contribution in [0.2, 0.25) is 5.02 Å². The summed E-state index contributed by atoms with van der Waals surface area (Å²) in [5.74, 6) is 0. The fourth-order valence-electron chi connectivity index (χ4n) is 2.26. The minimum absolute atomic E-state index is 0.194. The Balaban J connectivity index is 2.10. The molecular weight excluding hydrogens is 298 g/mol. The predicted octanol–water partition coefficient (Wildman–Crippen LogP) is 3.44. The van der Waals surface area contributed by atoms with Crippen molar-refractivity contribution < 1.29 is 0 Å². The number of nitrogen functional groups attached to an aromatic ring is 1. The molecule has 110 valence electrons. The van der Waals surface area contributed by atoms with Gasteiger partial charge in [-0.1, -0.05) is 23.7 Å². The quantitative estimate of drug-likeness (QED) is 0.737. The number of anilines is 1. The Morgan fingerprint density at radius 3 is 2.32 bits per heavy atom. The topological polar surface area (TPSA) is 60.9 Å². The maximum Gasteiger partial charge on any atom is 0.272 e. The van der Waals surface area contributed by atoms with E-state index in [1.807, 2.05) is 19.1 Å². The molecule has 1 aromatic heterocycles. The van der Waals surface area contributed by atoms with E-state index in [9.17, 15) is 4.79 Å². The van der Waals surface area contributed by atoms with Crippen molar-refractivity contribution in [3.8, 4) is 16.8 Å². The molecule has 0 aliphatic rings. The number of hydrogen-bond acceptors (Lipinski definition) is 3. The van der Waals surface area contributed by atoms with Crippen molar-refractivity contribution in [3.05, 3.63) is 75.7 Å². The Morgan fingerprint density at radius 1 is 1.05 bits per heavy atom. The van der Waals surface area contributed by atoms with Gasteiger partial charge in [-0.3, -0.25) is 4.79 Å². The molecule has 0 aliphatic heterocycles. The van der Waals surface area contributed by atoms with Gasteiger partial charge in [0.2, 0.25) is 0 Å². The summed E-state index contributed by atoms with van der Waals surface area (Å²) in [5.41, 5.74) is 9.28. The molecule has 0 atom stereocenters. The largest absolute Gasteiger partial charge is 0.399 e. The molecule has 4 nitrogen and oxygen atoms in total. The molecule has 0 saturated heterocycles. The summed E-state index contributed by atoms with van der Waals surface area (Å²) < 4.78 is 1.37. The summed E-state index contributed by atoms with van der Waals surface area (Å²) in [7, 11) is 0. The number of nitrogens with zero attached hydrogens (tertiary/aromatic N) is 2. The average molecular weight is 312 g/mol.